The fourth-order valence-corrected chi connectivity index (χ4v) is 3.82. The van der Waals surface area contributed by atoms with E-state index >= 15 is 0 Å². The molecule has 0 saturated heterocycles. The summed E-state index contributed by atoms with van der Waals surface area (Å²) in [5, 5.41) is 0. The van der Waals surface area contributed by atoms with Crippen LogP contribution in [0.2, 0.25) is 0 Å². The highest BCUT2D eigenvalue weighted by molar-refractivity contribution is 5.75. The maximum absolute atomic E-state index is 14.8. The molecule has 0 amide bonds. The van der Waals surface area contributed by atoms with E-state index in [1.165, 1.54) is 0 Å². The minimum Gasteiger partial charge on any atom is -0.203 e. The van der Waals surface area contributed by atoms with Gasteiger partial charge in [-0.1, -0.05) is 27.7 Å². The molecule has 0 N–H and O–H groups in total. The number of hydrogen-bond acceptors (Lipinski definition) is 0. The Morgan fingerprint density at radius 3 is 0.556 bits per heavy atom. The van der Waals surface area contributed by atoms with Crippen molar-refractivity contribution in [3.05, 3.63) is 80.9 Å². The molecule has 0 aliphatic carbocycles. The highest BCUT2D eigenvalue weighted by atomic mass is 19.2. The molecular weight excluding hydrogens is 516 g/mol. The minimum absolute atomic E-state index is 1.11. The molecule has 0 radical (unpaired) electrons. The average molecular weight is 530 g/mol. The van der Waals surface area contributed by atoms with E-state index in [1.807, 2.05) is 0 Å². The van der Waals surface area contributed by atoms with Gasteiger partial charge in [0, 0.05) is 11.1 Å². The molecule has 0 heterocycles. The van der Waals surface area contributed by atoms with E-state index in [1.54, 1.807) is 0 Å². The summed E-state index contributed by atoms with van der Waals surface area (Å²) < 4.78 is 175. The molecule has 0 fully saturated rings. The standard InChI is InChI=1S/C24H14F12/c1-5(2)7-13(25)17(29)9(18(30)14(7)26)11-21(33)23(35)12(24(36)22(11)34)10-19(31)15(27)8(6(3)4)16(28)20(10)32/h5-6H,1-4H3. The topological polar surface area (TPSA) is 0 Å². The first-order valence-corrected chi connectivity index (χ1v) is 10.2. The van der Waals surface area contributed by atoms with Crippen molar-refractivity contribution in [1.29, 1.82) is 0 Å². The lowest BCUT2D eigenvalue weighted by Gasteiger charge is -2.18. The van der Waals surface area contributed by atoms with Gasteiger partial charge in [0.1, 0.15) is 0 Å². The van der Waals surface area contributed by atoms with Gasteiger partial charge in [0.2, 0.25) is 0 Å². The largest absolute Gasteiger partial charge is 0.203 e. The van der Waals surface area contributed by atoms with E-state index in [-0.39, 0.29) is 0 Å². The van der Waals surface area contributed by atoms with Crippen molar-refractivity contribution in [2.24, 2.45) is 0 Å². The Morgan fingerprint density at radius 1 is 0.278 bits per heavy atom. The van der Waals surface area contributed by atoms with Gasteiger partial charge in [0.05, 0.1) is 22.3 Å². The van der Waals surface area contributed by atoms with Gasteiger partial charge in [-0.2, -0.15) is 0 Å². The number of hydrogen-bond donors (Lipinski definition) is 0. The molecular formula is C24H14F12. The fraction of sp³-hybridized carbons (Fsp3) is 0.250. The fourth-order valence-electron chi connectivity index (χ4n) is 3.82. The summed E-state index contributed by atoms with van der Waals surface area (Å²) in [5.41, 5.74) is -11.3. The molecule has 3 aromatic carbocycles. The lowest BCUT2D eigenvalue weighted by atomic mass is 9.91. The van der Waals surface area contributed by atoms with Crippen LogP contribution in [-0.4, -0.2) is 0 Å². The summed E-state index contributed by atoms with van der Waals surface area (Å²) in [6.45, 7) is 4.45. The Bertz CT molecular complexity index is 1210. The molecule has 36 heavy (non-hydrogen) atoms. The van der Waals surface area contributed by atoms with Crippen LogP contribution in [0.5, 0.6) is 0 Å². The zero-order chi connectivity index (χ0) is 27.5. The summed E-state index contributed by atoms with van der Waals surface area (Å²) in [6, 6.07) is 0. The first-order chi connectivity index (χ1) is 16.6. The maximum atomic E-state index is 14.8. The van der Waals surface area contributed by atoms with Crippen molar-refractivity contribution in [2.45, 2.75) is 39.5 Å². The Morgan fingerprint density at radius 2 is 0.417 bits per heavy atom. The maximum Gasteiger partial charge on any atom is 0.170 e. The molecule has 0 nitrogen and oxygen atoms in total. The molecule has 0 aromatic heterocycles. The second-order valence-electron chi connectivity index (χ2n) is 8.40. The Kier molecular flexibility index (Phi) is 7.13. The van der Waals surface area contributed by atoms with Crippen molar-refractivity contribution in [2.75, 3.05) is 0 Å². The first kappa shape index (κ1) is 27.4. The van der Waals surface area contributed by atoms with Gasteiger partial charge in [-0.3, -0.25) is 0 Å². The van der Waals surface area contributed by atoms with Gasteiger partial charge in [0.25, 0.3) is 0 Å². The predicted molar refractivity (Wildman–Crippen MR) is 105 cm³/mol. The smallest absolute Gasteiger partial charge is 0.170 e. The van der Waals surface area contributed by atoms with Gasteiger partial charge in [0.15, 0.2) is 69.8 Å². The van der Waals surface area contributed by atoms with Crippen molar-refractivity contribution in [3.63, 3.8) is 0 Å². The molecule has 3 aromatic rings. The summed E-state index contributed by atoms with van der Waals surface area (Å²) in [7, 11) is 0. The van der Waals surface area contributed by atoms with Crippen molar-refractivity contribution < 1.29 is 52.7 Å². The highest BCUT2D eigenvalue weighted by Crippen LogP contribution is 2.43. The Labute approximate surface area is 196 Å². The molecule has 3 rings (SSSR count). The lowest BCUT2D eigenvalue weighted by Crippen LogP contribution is -2.13. The van der Waals surface area contributed by atoms with Crippen LogP contribution in [0.1, 0.15) is 50.7 Å². The second kappa shape index (κ2) is 9.36. The van der Waals surface area contributed by atoms with Gasteiger partial charge >= 0.3 is 0 Å². The van der Waals surface area contributed by atoms with Crippen LogP contribution in [0, 0.1) is 69.8 Å². The van der Waals surface area contributed by atoms with Crippen molar-refractivity contribution >= 4 is 0 Å². The van der Waals surface area contributed by atoms with Crippen LogP contribution >= 0.6 is 0 Å². The van der Waals surface area contributed by atoms with E-state index < -0.39 is 115 Å². The zero-order valence-corrected chi connectivity index (χ0v) is 18.7. The van der Waals surface area contributed by atoms with Crippen LogP contribution in [0.3, 0.4) is 0 Å². The summed E-state index contributed by atoms with van der Waals surface area (Å²) in [4.78, 5) is 0. The van der Waals surface area contributed by atoms with Crippen LogP contribution in [0.15, 0.2) is 0 Å². The van der Waals surface area contributed by atoms with Crippen LogP contribution in [0.25, 0.3) is 22.3 Å². The molecule has 0 saturated carbocycles. The second-order valence-corrected chi connectivity index (χ2v) is 8.40. The van der Waals surface area contributed by atoms with Gasteiger partial charge in [-0.05, 0) is 11.8 Å². The van der Waals surface area contributed by atoms with E-state index in [2.05, 4.69) is 0 Å². The predicted octanol–water partition coefficient (Wildman–Crippen LogP) is 8.94. The summed E-state index contributed by atoms with van der Waals surface area (Å²) in [6.07, 6.45) is 0. The number of halogens is 12. The number of rotatable bonds is 4. The summed E-state index contributed by atoms with van der Waals surface area (Å²) in [5.74, 6) is -31.5. The quantitative estimate of drug-likeness (QED) is 0.233. The molecule has 0 bridgehead atoms. The average Bonchev–Trinajstić information content (AvgIpc) is 2.79. The zero-order valence-electron chi connectivity index (χ0n) is 18.7. The van der Waals surface area contributed by atoms with E-state index in [0.717, 1.165) is 27.7 Å². The van der Waals surface area contributed by atoms with Crippen LogP contribution in [-0.2, 0) is 0 Å². The third kappa shape index (κ3) is 3.81. The normalized spacial score (nSPS) is 11.8. The van der Waals surface area contributed by atoms with Gasteiger partial charge in [-0.25, -0.2) is 52.7 Å². The first-order valence-electron chi connectivity index (χ1n) is 10.2. The van der Waals surface area contributed by atoms with E-state index in [4.69, 9.17) is 0 Å². The lowest BCUT2D eigenvalue weighted by molar-refractivity contribution is 0.424. The van der Waals surface area contributed by atoms with E-state index in [0.29, 0.717) is 0 Å². The van der Waals surface area contributed by atoms with Crippen molar-refractivity contribution in [3.8, 4) is 22.3 Å². The SMILES string of the molecule is CC(C)c1c(F)c(F)c(-c2c(F)c(F)c(-c3c(F)c(F)c(C(C)C)c(F)c3F)c(F)c2F)c(F)c1F. The molecule has 194 valence electrons. The third-order valence-electron chi connectivity index (χ3n) is 5.51. The molecule has 0 atom stereocenters. The van der Waals surface area contributed by atoms with Gasteiger partial charge < -0.3 is 0 Å². The van der Waals surface area contributed by atoms with Crippen LogP contribution < -0.4 is 0 Å². The minimum atomic E-state index is -2.75. The Balaban J connectivity index is 2.48. The highest BCUT2D eigenvalue weighted by Gasteiger charge is 2.38. The molecule has 0 spiro atoms. The monoisotopic (exact) mass is 530 g/mol. The Hall–Kier alpha value is -3.18. The molecule has 0 aliphatic heterocycles. The molecule has 0 unspecified atom stereocenters. The molecule has 0 aliphatic rings. The third-order valence-corrected chi connectivity index (χ3v) is 5.51. The number of benzene rings is 3. The van der Waals surface area contributed by atoms with Crippen molar-refractivity contribution in [1.82, 2.24) is 0 Å². The summed E-state index contributed by atoms with van der Waals surface area (Å²) >= 11 is 0. The van der Waals surface area contributed by atoms with Gasteiger partial charge in [-0.15, -0.1) is 0 Å². The molecule has 12 heteroatoms. The van der Waals surface area contributed by atoms with Crippen LogP contribution in [0.4, 0.5) is 52.7 Å². The van der Waals surface area contributed by atoms with E-state index in [9.17, 15) is 52.7 Å².